The molecule has 77 valence electrons. The lowest BCUT2D eigenvalue weighted by Crippen LogP contribution is -2.29. The van der Waals surface area contributed by atoms with Gasteiger partial charge in [-0.2, -0.15) is 5.26 Å². The Hall–Kier alpha value is -1.33. The van der Waals surface area contributed by atoms with E-state index in [-0.39, 0.29) is 0 Å². The van der Waals surface area contributed by atoms with E-state index in [0.717, 1.165) is 25.1 Å². The predicted octanol–water partition coefficient (Wildman–Crippen LogP) is 2.29. The number of benzene rings is 1. The molecule has 0 aromatic heterocycles. The summed E-state index contributed by atoms with van der Waals surface area (Å²) in [5, 5.41) is 13.1. The fourth-order valence-electron chi connectivity index (χ4n) is 2.24. The fourth-order valence-corrected chi connectivity index (χ4v) is 2.24. The summed E-state index contributed by atoms with van der Waals surface area (Å²) in [4.78, 5) is 0. The van der Waals surface area contributed by atoms with Gasteiger partial charge >= 0.3 is 0 Å². The molecule has 1 aromatic rings. The minimum atomic E-state index is 0.621. The minimum Gasteiger partial charge on any atom is -0.241 e. The molecule has 0 N–H and O–H groups in total. The summed E-state index contributed by atoms with van der Waals surface area (Å²) in [6, 6.07) is 10.1. The van der Waals surface area contributed by atoms with Gasteiger partial charge in [0, 0.05) is 13.1 Å². The topological polar surface area (TPSA) is 37.9 Å². The van der Waals surface area contributed by atoms with Gasteiger partial charge in [0.15, 0.2) is 0 Å². The van der Waals surface area contributed by atoms with Crippen LogP contribution in [0.15, 0.2) is 24.3 Å². The molecule has 2 nitrogen and oxygen atoms in total. The Morgan fingerprint density at radius 2 is 2.07 bits per heavy atom. The molecular formula is C13H15N2. The average molecular weight is 199 g/mol. The second-order valence-electron chi connectivity index (χ2n) is 4.24. The van der Waals surface area contributed by atoms with Gasteiger partial charge in [0.2, 0.25) is 0 Å². The molecule has 1 heterocycles. The molecule has 1 radical (unpaired) electrons. The van der Waals surface area contributed by atoms with Crippen LogP contribution in [0, 0.1) is 17.2 Å². The molecule has 15 heavy (non-hydrogen) atoms. The number of nitrogens with zero attached hydrogens (tertiary/aromatic N) is 2. The largest absolute Gasteiger partial charge is 0.241 e. The van der Waals surface area contributed by atoms with Crippen molar-refractivity contribution in [2.24, 2.45) is 5.92 Å². The van der Waals surface area contributed by atoms with Gasteiger partial charge in [-0.25, -0.2) is 5.32 Å². The Kier molecular flexibility index (Phi) is 3.03. The van der Waals surface area contributed by atoms with E-state index in [0.29, 0.717) is 11.8 Å². The van der Waals surface area contributed by atoms with Crippen molar-refractivity contribution in [1.29, 1.82) is 5.26 Å². The van der Waals surface area contributed by atoms with Crippen molar-refractivity contribution < 1.29 is 0 Å². The first-order valence-corrected chi connectivity index (χ1v) is 5.44. The summed E-state index contributed by atoms with van der Waals surface area (Å²) in [6.07, 6.45) is 1.15. The van der Waals surface area contributed by atoms with Crippen molar-refractivity contribution in [3.8, 4) is 6.07 Å². The van der Waals surface area contributed by atoms with E-state index in [1.807, 2.05) is 12.1 Å². The van der Waals surface area contributed by atoms with Crippen molar-refractivity contribution in [2.45, 2.75) is 19.3 Å². The lowest BCUT2D eigenvalue weighted by molar-refractivity contribution is 0.344. The van der Waals surface area contributed by atoms with Gasteiger partial charge in [-0.15, -0.1) is 0 Å². The molecule has 0 saturated carbocycles. The van der Waals surface area contributed by atoms with Gasteiger partial charge in [0.25, 0.3) is 0 Å². The third-order valence-corrected chi connectivity index (χ3v) is 3.17. The second-order valence-corrected chi connectivity index (χ2v) is 4.24. The summed E-state index contributed by atoms with van der Waals surface area (Å²) in [6.45, 7) is 4.21. The molecule has 0 amide bonds. The maximum Gasteiger partial charge on any atom is 0.0991 e. The molecular weight excluding hydrogens is 184 g/mol. The molecule has 2 atom stereocenters. The lowest BCUT2D eigenvalue weighted by Gasteiger charge is -2.28. The highest BCUT2D eigenvalue weighted by Gasteiger charge is 2.22. The van der Waals surface area contributed by atoms with E-state index < -0.39 is 0 Å². The minimum absolute atomic E-state index is 0.621. The first-order chi connectivity index (χ1) is 7.31. The Balaban J connectivity index is 2.18. The molecule has 2 heteroatoms. The third kappa shape index (κ3) is 2.19. The fraction of sp³-hybridized carbons (Fsp3) is 0.462. The first kappa shape index (κ1) is 10.2. The monoisotopic (exact) mass is 199 g/mol. The van der Waals surface area contributed by atoms with Crippen LogP contribution < -0.4 is 5.32 Å². The maximum absolute atomic E-state index is 8.73. The molecule has 0 aliphatic carbocycles. The van der Waals surface area contributed by atoms with Crippen LogP contribution in [0.1, 0.15) is 30.4 Å². The summed E-state index contributed by atoms with van der Waals surface area (Å²) >= 11 is 0. The zero-order chi connectivity index (χ0) is 10.7. The van der Waals surface area contributed by atoms with Crippen molar-refractivity contribution in [2.75, 3.05) is 13.1 Å². The van der Waals surface area contributed by atoms with Crippen LogP contribution in [0.2, 0.25) is 0 Å². The van der Waals surface area contributed by atoms with E-state index in [2.05, 4.69) is 30.4 Å². The normalized spacial score (nSPS) is 25.9. The Bertz CT molecular complexity index is 361. The van der Waals surface area contributed by atoms with E-state index in [1.165, 1.54) is 5.56 Å². The summed E-state index contributed by atoms with van der Waals surface area (Å²) in [5.41, 5.74) is 2.10. The molecule has 2 rings (SSSR count). The van der Waals surface area contributed by atoms with Crippen LogP contribution in [0.3, 0.4) is 0 Å². The molecule has 1 fully saturated rings. The van der Waals surface area contributed by atoms with Crippen LogP contribution in [0.25, 0.3) is 0 Å². The molecule has 1 aliphatic heterocycles. The molecule has 2 unspecified atom stereocenters. The van der Waals surface area contributed by atoms with Crippen LogP contribution in [0.5, 0.6) is 0 Å². The number of piperidine rings is 1. The molecule has 0 bridgehead atoms. The second kappa shape index (κ2) is 4.46. The Morgan fingerprint density at radius 1 is 1.33 bits per heavy atom. The van der Waals surface area contributed by atoms with Gasteiger partial charge < -0.3 is 0 Å². The zero-order valence-corrected chi connectivity index (χ0v) is 8.98. The van der Waals surface area contributed by atoms with Gasteiger partial charge in [-0.3, -0.25) is 0 Å². The SMILES string of the molecule is CC1C[N]CCC1c1ccc(C#N)cc1. The van der Waals surface area contributed by atoms with Crippen LogP contribution in [0.4, 0.5) is 0 Å². The van der Waals surface area contributed by atoms with Crippen molar-refractivity contribution in [3.05, 3.63) is 35.4 Å². The maximum atomic E-state index is 8.73. The Morgan fingerprint density at radius 3 is 2.67 bits per heavy atom. The average Bonchev–Trinajstić information content (AvgIpc) is 2.30. The van der Waals surface area contributed by atoms with Crippen molar-refractivity contribution >= 4 is 0 Å². The molecule has 1 saturated heterocycles. The summed E-state index contributed by atoms with van der Waals surface area (Å²) < 4.78 is 0. The number of hydrogen-bond acceptors (Lipinski definition) is 1. The highest BCUT2D eigenvalue weighted by Crippen LogP contribution is 2.30. The molecule has 1 aromatic carbocycles. The first-order valence-electron chi connectivity index (χ1n) is 5.44. The van der Waals surface area contributed by atoms with E-state index >= 15 is 0 Å². The zero-order valence-electron chi connectivity index (χ0n) is 8.98. The highest BCUT2D eigenvalue weighted by atomic mass is 14.9. The number of nitriles is 1. The van der Waals surface area contributed by atoms with Gasteiger partial charge in [0.1, 0.15) is 0 Å². The van der Waals surface area contributed by atoms with E-state index in [1.54, 1.807) is 0 Å². The van der Waals surface area contributed by atoms with Gasteiger partial charge in [-0.1, -0.05) is 19.1 Å². The Labute approximate surface area is 90.9 Å². The van der Waals surface area contributed by atoms with Crippen LogP contribution >= 0.6 is 0 Å². The predicted molar refractivity (Wildman–Crippen MR) is 59.5 cm³/mol. The lowest BCUT2D eigenvalue weighted by atomic mass is 9.82. The summed E-state index contributed by atoms with van der Waals surface area (Å²) in [7, 11) is 0. The smallest absolute Gasteiger partial charge is 0.0991 e. The number of hydrogen-bond donors (Lipinski definition) is 0. The number of rotatable bonds is 1. The van der Waals surface area contributed by atoms with Crippen LogP contribution in [-0.4, -0.2) is 13.1 Å². The highest BCUT2D eigenvalue weighted by molar-refractivity contribution is 5.33. The molecule has 1 aliphatic rings. The third-order valence-electron chi connectivity index (χ3n) is 3.17. The van der Waals surface area contributed by atoms with Gasteiger partial charge in [0.05, 0.1) is 11.6 Å². The summed E-state index contributed by atoms with van der Waals surface area (Å²) in [5.74, 6) is 1.25. The standard InChI is InChI=1S/C13H15N2/c1-10-9-15-7-6-13(10)12-4-2-11(8-14)3-5-12/h2-5,10,13H,6-7,9H2,1H3. The van der Waals surface area contributed by atoms with E-state index in [9.17, 15) is 0 Å². The van der Waals surface area contributed by atoms with Crippen molar-refractivity contribution in [1.82, 2.24) is 5.32 Å². The van der Waals surface area contributed by atoms with Crippen molar-refractivity contribution in [3.63, 3.8) is 0 Å². The van der Waals surface area contributed by atoms with Gasteiger partial charge in [-0.05, 0) is 36.0 Å². The van der Waals surface area contributed by atoms with Crippen LogP contribution in [-0.2, 0) is 0 Å². The van der Waals surface area contributed by atoms with E-state index in [4.69, 9.17) is 5.26 Å². The molecule has 0 spiro atoms. The quantitative estimate of drug-likeness (QED) is 0.683.